The molecule has 0 aromatic rings. The van der Waals surface area contributed by atoms with Gasteiger partial charge in [-0.3, -0.25) is 10.3 Å². The number of nitrogens with one attached hydrogen (secondary N) is 1. The molecule has 2 nitrogen and oxygen atoms in total. The van der Waals surface area contributed by atoms with Gasteiger partial charge in [0, 0.05) is 18.1 Å². The van der Waals surface area contributed by atoms with E-state index in [1.54, 1.807) is 5.37 Å². The zero-order valence-electron chi connectivity index (χ0n) is 4.91. The van der Waals surface area contributed by atoms with Crippen molar-refractivity contribution >= 4 is 47.8 Å². The molecule has 0 fully saturated rings. The molecule has 0 saturated heterocycles. The number of aliphatic imine (C=N–C) groups is 1. The van der Waals surface area contributed by atoms with Crippen LogP contribution < -0.4 is 5.32 Å². The Morgan fingerprint density at radius 3 is 2.89 bits per heavy atom. The molecule has 1 heterocycles. The topological polar surface area (TPSA) is 24.4 Å². The summed E-state index contributed by atoms with van der Waals surface area (Å²) in [4.78, 5) is 4.05. The van der Waals surface area contributed by atoms with E-state index in [0.717, 1.165) is 13.0 Å². The van der Waals surface area contributed by atoms with Crippen LogP contribution in [0.4, 0.5) is 0 Å². The van der Waals surface area contributed by atoms with Crippen molar-refractivity contribution in [2.45, 2.75) is 12.6 Å². The Bertz CT molecular complexity index is 116. The zero-order valence-corrected chi connectivity index (χ0v) is 8.06. The molecule has 0 amide bonds. The summed E-state index contributed by atoms with van der Waals surface area (Å²) in [5, 5.41) is 4.75. The maximum atomic E-state index is 4.67. The minimum atomic E-state index is 0. The van der Waals surface area contributed by atoms with Crippen LogP contribution in [0.1, 0.15) is 6.42 Å². The molecule has 9 heavy (non-hydrogen) atoms. The molecular formula is C5H9IN2S. The second kappa shape index (κ2) is 5.25. The van der Waals surface area contributed by atoms with Gasteiger partial charge in [-0.25, -0.2) is 0 Å². The molecule has 1 rings (SSSR count). The van der Waals surface area contributed by atoms with Gasteiger partial charge >= 0.3 is 0 Å². The maximum absolute atomic E-state index is 4.67. The second-order valence-electron chi connectivity index (χ2n) is 1.66. The standard InChI is InChI=1S/C5H8N2S.HI/c8-4-5-6-2-1-3-7-5;/h2,4-5,7H,1,3H2;1H. The lowest BCUT2D eigenvalue weighted by molar-refractivity contribution is 0.641. The van der Waals surface area contributed by atoms with Crippen molar-refractivity contribution in [3.05, 3.63) is 0 Å². The van der Waals surface area contributed by atoms with Gasteiger partial charge in [0.1, 0.15) is 6.17 Å². The summed E-state index contributed by atoms with van der Waals surface area (Å²) in [5.41, 5.74) is 0. The van der Waals surface area contributed by atoms with Crippen LogP contribution >= 0.6 is 36.2 Å². The van der Waals surface area contributed by atoms with E-state index in [0.29, 0.717) is 0 Å². The molecule has 1 N–H and O–H groups in total. The Labute approximate surface area is 77.1 Å². The molecule has 0 aromatic heterocycles. The van der Waals surface area contributed by atoms with Crippen molar-refractivity contribution in [2.24, 2.45) is 4.99 Å². The average molecular weight is 256 g/mol. The fourth-order valence-electron chi connectivity index (χ4n) is 0.620. The Balaban J connectivity index is 0.000000640. The Morgan fingerprint density at radius 2 is 2.56 bits per heavy atom. The minimum absolute atomic E-state index is 0. The van der Waals surface area contributed by atoms with E-state index in [1.807, 2.05) is 6.21 Å². The first-order valence-electron chi connectivity index (χ1n) is 2.64. The van der Waals surface area contributed by atoms with E-state index in [-0.39, 0.29) is 30.1 Å². The smallest absolute Gasteiger partial charge is 0.128 e. The highest BCUT2D eigenvalue weighted by Crippen LogP contribution is 1.88. The number of hydrogen-bond donors (Lipinski definition) is 1. The van der Waals surface area contributed by atoms with Crippen LogP contribution in [0.15, 0.2) is 4.99 Å². The molecule has 0 bridgehead atoms. The lowest BCUT2D eigenvalue weighted by Crippen LogP contribution is -2.32. The van der Waals surface area contributed by atoms with E-state index in [1.165, 1.54) is 0 Å². The van der Waals surface area contributed by atoms with Crippen LogP contribution in [0.25, 0.3) is 0 Å². The van der Waals surface area contributed by atoms with Gasteiger partial charge in [0.05, 0.1) is 0 Å². The van der Waals surface area contributed by atoms with Crippen LogP contribution in [0, 0.1) is 0 Å². The normalized spacial score (nSPS) is 24.7. The van der Waals surface area contributed by atoms with Crippen LogP contribution in [0.5, 0.6) is 0 Å². The van der Waals surface area contributed by atoms with Crippen LogP contribution in [-0.2, 0) is 0 Å². The maximum Gasteiger partial charge on any atom is 0.128 e. The first-order chi connectivity index (χ1) is 3.93. The number of nitrogens with zero attached hydrogens (tertiary/aromatic N) is 1. The monoisotopic (exact) mass is 256 g/mol. The van der Waals surface area contributed by atoms with E-state index < -0.39 is 0 Å². The van der Waals surface area contributed by atoms with Gasteiger partial charge in [0.25, 0.3) is 0 Å². The summed E-state index contributed by atoms with van der Waals surface area (Å²) in [5.74, 6) is 0. The first-order valence-corrected chi connectivity index (χ1v) is 3.11. The summed E-state index contributed by atoms with van der Waals surface area (Å²) in [6.45, 7) is 1.00. The highest BCUT2D eigenvalue weighted by Gasteiger charge is 2.01. The quantitative estimate of drug-likeness (QED) is 0.559. The molecule has 1 unspecified atom stereocenters. The fourth-order valence-corrected chi connectivity index (χ4v) is 0.786. The van der Waals surface area contributed by atoms with Gasteiger partial charge in [-0.1, -0.05) is 12.2 Å². The van der Waals surface area contributed by atoms with Crippen LogP contribution in [0.3, 0.4) is 0 Å². The van der Waals surface area contributed by atoms with E-state index in [9.17, 15) is 0 Å². The summed E-state index contributed by atoms with van der Waals surface area (Å²) in [6, 6.07) is 0. The average Bonchev–Trinajstić information content (AvgIpc) is 1.90. The molecule has 0 aliphatic carbocycles. The molecule has 0 aromatic carbocycles. The lowest BCUT2D eigenvalue weighted by atomic mass is 10.4. The third-order valence-electron chi connectivity index (χ3n) is 1.02. The summed E-state index contributed by atoms with van der Waals surface area (Å²) in [6.07, 6.45) is 3.03. The predicted molar refractivity (Wildman–Crippen MR) is 54.0 cm³/mol. The molecule has 4 heteroatoms. The van der Waals surface area contributed by atoms with Gasteiger partial charge in [0.15, 0.2) is 0 Å². The fraction of sp³-hybridized carbons (Fsp3) is 0.600. The van der Waals surface area contributed by atoms with Gasteiger partial charge < -0.3 is 0 Å². The lowest BCUT2D eigenvalue weighted by Gasteiger charge is -2.11. The van der Waals surface area contributed by atoms with Crippen molar-refractivity contribution in [1.82, 2.24) is 5.32 Å². The molecule has 0 radical (unpaired) electrons. The van der Waals surface area contributed by atoms with Crippen molar-refractivity contribution in [1.29, 1.82) is 0 Å². The number of halogens is 1. The van der Waals surface area contributed by atoms with Gasteiger partial charge in [0.2, 0.25) is 0 Å². The number of rotatable bonds is 1. The summed E-state index contributed by atoms with van der Waals surface area (Å²) >= 11 is 4.67. The minimum Gasteiger partial charge on any atom is -0.291 e. The van der Waals surface area contributed by atoms with Gasteiger partial charge in [-0.05, 0) is 6.42 Å². The van der Waals surface area contributed by atoms with Crippen molar-refractivity contribution in [3.63, 3.8) is 0 Å². The van der Waals surface area contributed by atoms with Crippen LogP contribution in [-0.4, -0.2) is 24.3 Å². The molecular weight excluding hydrogens is 247 g/mol. The predicted octanol–water partition coefficient (Wildman–Crippen LogP) is 0.994. The Kier molecular flexibility index (Phi) is 5.51. The molecule has 1 atom stereocenters. The van der Waals surface area contributed by atoms with Gasteiger partial charge in [-0.2, -0.15) is 0 Å². The van der Waals surface area contributed by atoms with E-state index in [2.05, 4.69) is 22.5 Å². The third-order valence-corrected chi connectivity index (χ3v) is 1.28. The highest BCUT2D eigenvalue weighted by atomic mass is 127. The molecule has 1 aliphatic rings. The largest absolute Gasteiger partial charge is 0.291 e. The Morgan fingerprint density at radius 1 is 1.78 bits per heavy atom. The van der Waals surface area contributed by atoms with Gasteiger partial charge in [-0.15, -0.1) is 24.0 Å². The van der Waals surface area contributed by atoms with Crippen molar-refractivity contribution < 1.29 is 0 Å². The Hall–Kier alpha value is 0.450. The molecule has 52 valence electrons. The van der Waals surface area contributed by atoms with Crippen molar-refractivity contribution in [2.75, 3.05) is 6.54 Å². The molecule has 0 spiro atoms. The number of hydrogen-bond acceptors (Lipinski definition) is 3. The SMILES string of the molecule is I.S=CC1N=CCCN1. The first kappa shape index (κ1) is 9.45. The third kappa shape index (κ3) is 3.22. The highest BCUT2D eigenvalue weighted by molar-refractivity contribution is 14.0. The van der Waals surface area contributed by atoms with E-state index in [4.69, 9.17) is 0 Å². The van der Waals surface area contributed by atoms with Crippen LogP contribution in [0.2, 0.25) is 0 Å². The zero-order chi connectivity index (χ0) is 5.82. The van der Waals surface area contributed by atoms with E-state index >= 15 is 0 Å². The second-order valence-corrected chi connectivity index (χ2v) is 1.93. The van der Waals surface area contributed by atoms with Crippen molar-refractivity contribution in [3.8, 4) is 0 Å². The summed E-state index contributed by atoms with van der Waals surface area (Å²) < 4.78 is 0. The number of thiocarbonyl (C=S) groups is 1. The molecule has 1 aliphatic heterocycles. The molecule has 0 saturated carbocycles. The summed E-state index contributed by atoms with van der Waals surface area (Å²) in [7, 11) is 0.